The third kappa shape index (κ3) is 2.92. The number of likely N-dealkylation sites (tertiary alicyclic amines) is 1. The lowest BCUT2D eigenvalue weighted by atomic mass is 10.1. The summed E-state index contributed by atoms with van der Waals surface area (Å²) in [6.07, 6.45) is 6.15. The number of ether oxygens (including phenoxy) is 1. The lowest BCUT2D eigenvalue weighted by Gasteiger charge is -2.44. The molecule has 0 aliphatic carbocycles. The minimum Gasteiger partial charge on any atom is -0.379 e. The second-order valence-electron chi connectivity index (χ2n) is 4.66. The third-order valence-corrected chi connectivity index (χ3v) is 3.56. The van der Waals surface area contributed by atoms with E-state index in [1.807, 2.05) is 0 Å². The molecule has 0 bridgehead atoms. The van der Waals surface area contributed by atoms with E-state index in [-0.39, 0.29) is 0 Å². The minimum absolute atomic E-state index is 0.711. The molecule has 0 aromatic heterocycles. The quantitative estimate of drug-likeness (QED) is 0.706. The normalized spacial score (nSPS) is 30.6. The van der Waals surface area contributed by atoms with Crippen molar-refractivity contribution in [3.05, 3.63) is 0 Å². The topological polar surface area (TPSA) is 15.7 Å². The zero-order chi connectivity index (χ0) is 10.5. The SMILES string of the molecule is CCCN1CCCCC1N1CCOCC1. The van der Waals surface area contributed by atoms with Crippen molar-refractivity contribution < 1.29 is 4.74 Å². The molecule has 0 amide bonds. The molecule has 2 aliphatic heterocycles. The Labute approximate surface area is 93.4 Å². The summed E-state index contributed by atoms with van der Waals surface area (Å²) in [7, 11) is 0. The van der Waals surface area contributed by atoms with Crippen molar-refractivity contribution in [2.24, 2.45) is 0 Å². The highest BCUT2D eigenvalue weighted by Gasteiger charge is 2.28. The zero-order valence-electron chi connectivity index (χ0n) is 9.95. The Kier molecular flexibility index (Phi) is 4.42. The van der Waals surface area contributed by atoms with Crippen molar-refractivity contribution in [1.29, 1.82) is 0 Å². The number of hydrogen-bond donors (Lipinski definition) is 0. The first kappa shape index (κ1) is 11.4. The second-order valence-corrected chi connectivity index (χ2v) is 4.66. The number of morpholine rings is 1. The van der Waals surface area contributed by atoms with Crippen LogP contribution in [0.2, 0.25) is 0 Å². The van der Waals surface area contributed by atoms with E-state index in [2.05, 4.69) is 16.7 Å². The van der Waals surface area contributed by atoms with Gasteiger partial charge in [-0.3, -0.25) is 9.80 Å². The molecule has 0 aromatic rings. The number of piperidine rings is 1. The first-order chi connectivity index (χ1) is 7.42. The highest BCUT2D eigenvalue weighted by Crippen LogP contribution is 2.21. The summed E-state index contributed by atoms with van der Waals surface area (Å²) in [5.41, 5.74) is 0. The van der Waals surface area contributed by atoms with E-state index in [1.165, 1.54) is 38.8 Å². The average Bonchev–Trinajstić information content (AvgIpc) is 2.31. The van der Waals surface area contributed by atoms with Crippen molar-refractivity contribution in [2.75, 3.05) is 39.4 Å². The monoisotopic (exact) mass is 212 g/mol. The van der Waals surface area contributed by atoms with Gasteiger partial charge in [-0.05, 0) is 38.8 Å². The maximum Gasteiger partial charge on any atom is 0.0624 e. The molecule has 2 fully saturated rings. The molecule has 2 heterocycles. The highest BCUT2D eigenvalue weighted by atomic mass is 16.5. The number of nitrogens with zero attached hydrogens (tertiary/aromatic N) is 2. The van der Waals surface area contributed by atoms with Crippen LogP contribution in [0.15, 0.2) is 0 Å². The summed E-state index contributed by atoms with van der Waals surface area (Å²) in [6.45, 7) is 8.96. The number of rotatable bonds is 3. The fourth-order valence-electron chi connectivity index (χ4n) is 2.81. The molecule has 1 atom stereocenters. The second kappa shape index (κ2) is 5.83. The van der Waals surface area contributed by atoms with Gasteiger partial charge in [0, 0.05) is 13.1 Å². The lowest BCUT2D eigenvalue weighted by molar-refractivity contribution is -0.0473. The first-order valence-corrected chi connectivity index (χ1v) is 6.47. The van der Waals surface area contributed by atoms with Gasteiger partial charge in [-0.1, -0.05) is 6.92 Å². The van der Waals surface area contributed by atoms with Crippen molar-refractivity contribution in [3.63, 3.8) is 0 Å². The summed E-state index contributed by atoms with van der Waals surface area (Å²) >= 11 is 0. The van der Waals surface area contributed by atoms with Crippen molar-refractivity contribution in [1.82, 2.24) is 9.80 Å². The standard InChI is InChI=1S/C12H24N2O/c1-2-6-13-7-4-3-5-12(13)14-8-10-15-11-9-14/h12H,2-11H2,1H3. The smallest absolute Gasteiger partial charge is 0.0624 e. The summed E-state index contributed by atoms with van der Waals surface area (Å²) in [6, 6.07) is 0. The molecular formula is C12H24N2O. The molecule has 0 spiro atoms. The van der Waals surface area contributed by atoms with Crippen molar-refractivity contribution in [3.8, 4) is 0 Å². The Morgan fingerprint density at radius 3 is 2.67 bits per heavy atom. The van der Waals surface area contributed by atoms with Crippen LogP contribution >= 0.6 is 0 Å². The summed E-state index contributed by atoms with van der Waals surface area (Å²) in [5, 5.41) is 0. The van der Waals surface area contributed by atoms with Gasteiger partial charge in [0.25, 0.3) is 0 Å². The van der Waals surface area contributed by atoms with Crippen LogP contribution in [0.3, 0.4) is 0 Å². The van der Waals surface area contributed by atoms with Gasteiger partial charge < -0.3 is 4.74 Å². The van der Waals surface area contributed by atoms with Crippen LogP contribution in [0, 0.1) is 0 Å². The summed E-state index contributed by atoms with van der Waals surface area (Å²) in [5.74, 6) is 0. The Bertz CT molecular complexity index is 168. The molecule has 2 aliphatic rings. The van der Waals surface area contributed by atoms with E-state index < -0.39 is 0 Å². The van der Waals surface area contributed by atoms with Gasteiger partial charge in [0.1, 0.15) is 0 Å². The molecule has 0 radical (unpaired) electrons. The molecule has 88 valence electrons. The summed E-state index contributed by atoms with van der Waals surface area (Å²) < 4.78 is 5.43. The molecule has 3 heteroatoms. The fourth-order valence-corrected chi connectivity index (χ4v) is 2.81. The van der Waals surface area contributed by atoms with Crippen LogP contribution in [-0.4, -0.2) is 55.4 Å². The highest BCUT2D eigenvalue weighted by molar-refractivity contribution is 4.79. The van der Waals surface area contributed by atoms with Crippen molar-refractivity contribution >= 4 is 0 Å². The number of hydrogen-bond acceptors (Lipinski definition) is 3. The molecule has 15 heavy (non-hydrogen) atoms. The van der Waals surface area contributed by atoms with E-state index >= 15 is 0 Å². The lowest BCUT2D eigenvalue weighted by Crippen LogP contribution is -2.54. The zero-order valence-corrected chi connectivity index (χ0v) is 9.95. The largest absolute Gasteiger partial charge is 0.379 e. The van der Waals surface area contributed by atoms with E-state index in [1.54, 1.807) is 0 Å². The van der Waals surface area contributed by atoms with Crippen LogP contribution in [0.5, 0.6) is 0 Å². The van der Waals surface area contributed by atoms with Crippen LogP contribution < -0.4 is 0 Å². The van der Waals surface area contributed by atoms with Gasteiger partial charge in [0.15, 0.2) is 0 Å². The fraction of sp³-hybridized carbons (Fsp3) is 1.00. The molecule has 0 saturated carbocycles. The Balaban J connectivity index is 1.90. The molecule has 2 saturated heterocycles. The van der Waals surface area contributed by atoms with Gasteiger partial charge in [-0.2, -0.15) is 0 Å². The van der Waals surface area contributed by atoms with Crippen LogP contribution in [0.4, 0.5) is 0 Å². The van der Waals surface area contributed by atoms with E-state index in [4.69, 9.17) is 4.74 Å². The van der Waals surface area contributed by atoms with Gasteiger partial charge in [0.05, 0.1) is 19.4 Å². The minimum atomic E-state index is 0.711. The summed E-state index contributed by atoms with van der Waals surface area (Å²) in [4.78, 5) is 5.30. The maximum atomic E-state index is 5.43. The van der Waals surface area contributed by atoms with Gasteiger partial charge in [0.2, 0.25) is 0 Å². The van der Waals surface area contributed by atoms with E-state index in [0.29, 0.717) is 6.17 Å². The third-order valence-electron chi connectivity index (χ3n) is 3.56. The Morgan fingerprint density at radius 1 is 1.13 bits per heavy atom. The van der Waals surface area contributed by atoms with Gasteiger partial charge in [-0.15, -0.1) is 0 Å². The van der Waals surface area contributed by atoms with Crippen LogP contribution in [0.25, 0.3) is 0 Å². The van der Waals surface area contributed by atoms with Crippen LogP contribution in [0.1, 0.15) is 32.6 Å². The molecule has 0 aromatic carbocycles. The molecule has 0 N–H and O–H groups in total. The van der Waals surface area contributed by atoms with Crippen molar-refractivity contribution in [2.45, 2.75) is 38.8 Å². The molecule has 2 rings (SSSR count). The first-order valence-electron chi connectivity index (χ1n) is 6.47. The van der Waals surface area contributed by atoms with Gasteiger partial charge in [-0.25, -0.2) is 0 Å². The molecular weight excluding hydrogens is 188 g/mol. The van der Waals surface area contributed by atoms with Crippen LogP contribution in [-0.2, 0) is 4.74 Å². The maximum absolute atomic E-state index is 5.43. The Hall–Kier alpha value is -0.120. The van der Waals surface area contributed by atoms with E-state index in [9.17, 15) is 0 Å². The predicted octanol–water partition coefficient (Wildman–Crippen LogP) is 1.54. The predicted molar refractivity (Wildman–Crippen MR) is 61.9 cm³/mol. The molecule has 1 unspecified atom stereocenters. The van der Waals surface area contributed by atoms with Gasteiger partial charge >= 0.3 is 0 Å². The average molecular weight is 212 g/mol. The van der Waals surface area contributed by atoms with E-state index in [0.717, 1.165) is 26.3 Å². The Morgan fingerprint density at radius 2 is 1.93 bits per heavy atom. The molecule has 3 nitrogen and oxygen atoms in total.